The number of nitrogens with one attached hydrogen (secondary N) is 1. The van der Waals surface area contributed by atoms with Crippen LogP contribution in [0.1, 0.15) is 40.3 Å². The molecule has 0 saturated carbocycles. The Morgan fingerprint density at radius 2 is 0.662 bits per heavy atom. The Kier molecular flexibility index (Phi) is 7.64. The minimum absolute atomic E-state index is 0.542. The number of fused-ring (bicyclic) bond motifs is 31. The molecule has 74 heavy (non-hydrogen) atoms. The molecule has 0 amide bonds. The predicted molar refractivity (Wildman–Crippen MR) is 307 cm³/mol. The number of amidine groups is 4. The van der Waals surface area contributed by atoms with E-state index in [0.29, 0.717) is 46.0 Å². The molecule has 0 fully saturated rings. The van der Waals surface area contributed by atoms with Crippen molar-refractivity contribution in [3.63, 3.8) is 0 Å². The summed E-state index contributed by atoms with van der Waals surface area (Å²) < 4.78 is 4.11. The topological polar surface area (TPSA) is 96.0 Å². The summed E-state index contributed by atoms with van der Waals surface area (Å²) in [4.78, 5) is 34.7. The van der Waals surface area contributed by atoms with Gasteiger partial charge in [-0.15, -0.1) is 0 Å². The van der Waals surface area contributed by atoms with Crippen LogP contribution in [0.25, 0.3) is 109 Å². The second kappa shape index (κ2) is 14.3. The van der Waals surface area contributed by atoms with Gasteiger partial charge in [0, 0.05) is 43.8 Å². The van der Waals surface area contributed by atoms with Crippen LogP contribution in [0.2, 0.25) is 0 Å². The molecule has 6 bridgehead atoms. The van der Waals surface area contributed by atoms with Gasteiger partial charge in [-0.2, -0.15) is 0 Å². The molecular weight excluding hydrogens is 907 g/mol. The zero-order valence-electron chi connectivity index (χ0n) is 39.7. The van der Waals surface area contributed by atoms with E-state index in [2.05, 4.69) is 203 Å². The van der Waals surface area contributed by atoms with E-state index in [0.717, 1.165) is 130 Å². The highest BCUT2D eigenvalue weighted by molar-refractivity contribution is 6.37. The normalized spacial score (nSPS) is 14.4. The molecule has 6 heterocycles. The average Bonchev–Trinajstić information content (AvgIpc) is 4.25. The van der Waals surface area contributed by atoms with Crippen LogP contribution in [0.15, 0.2) is 212 Å². The summed E-state index contributed by atoms with van der Waals surface area (Å²) in [5.74, 6) is 3.50. The Morgan fingerprint density at radius 1 is 0.338 bits per heavy atom. The quantitative estimate of drug-likeness (QED) is 0.172. The average molecular weight is 944 g/mol. The first-order chi connectivity index (χ1) is 36.7. The number of benzene rings is 11. The van der Waals surface area contributed by atoms with Crippen LogP contribution in [0.5, 0.6) is 0 Å². The first kappa shape index (κ1) is 39.6. The van der Waals surface area contributed by atoms with E-state index in [9.17, 15) is 0 Å². The molecule has 17 rings (SSSR count). The molecule has 0 unspecified atom stereocenters. The van der Waals surface area contributed by atoms with Crippen LogP contribution < -0.4 is 16.5 Å². The van der Waals surface area contributed by atoms with E-state index in [1.54, 1.807) is 0 Å². The molecule has 0 spiro atoms. The number of aromatic nitrogens is 2. The molecule has 0 aliphatic carbocycles. The molecule has 13 aromatic rings. The lowest BCUT2D eigenvalue weighted by Gasteiger charge is -2.15. The van der Waals surface area contributed by atoms with Crippen molar-refractivity contribution in [1.29, 1.82) is 0 Å². The first-order valence-corrected chi connectivity index (χ1v) is 25.0. The fourth-order valence-corrected chi connectivity index (χ4v) is 12.8. The second-order valence-corrected chi connectivity index (χ2v) is 19.4. The van der Waals surface area contributed by atoms with Crippen molar-refractivity contribution in [2.45, 2.75) is 6.92 Å². The highest BCUT2D eigenvalue weighted by Gasteiger charge is 2.35. The fraction of sp³-hybridized carbons (Fsp3) is 0.0154. The fourth-order valence-electron chi connectivity index (χ4n) is 12.8. The molecule has 4 aliphatic rings. The maximum absolute atomic E-state index is 5.86. The van der Waals surface area contributed by atoms with Crippen molar-refractivity contribution >= 4 is 144 Å². The zero-order chi connectivity index (χ0) is 48.5. The van der Waals surface area contributed by atoms with Crippen LogP contribution in [0.4, 0.5) is 11.6 Å². The monoisotopic (exact) mass is 943 g/mol. The summed E-state index contributed by atoms with van der Waals surface area (Å²) in [5, 5.41) is 18.7. The molecule has 9 nitrogen and oxygen atoms in total. The van der Waals surface area contributed by atoms with Gasteiger partial charge in [0.2, 0.25) is 0 Å². The van der Waals surface area contributed by atoms with E-state index >= 15 is 0 Å². The molecule has 11 aromatic carbocycles. The van der Waals surface area contributed by atoms with Gasteiger partial charge in [-0.25, -0.2) is 44.8 Å². The minimum atomic E-state index is 0.542. The number of hydrogen-bond acceptors (Lipinski definition) is 7. The van der Waals surface area contributed by atoms with Crippen LogP contribution in [0.3, 0.4) is 0 Å². The Labute approximate surface area is 420 Å². The molecule has 0 radical (unpaired) electrons. The number of allylic oxidation sites excluding steroid dienone is 1. The molecule has 0 atom stereocenters. The van der Waals surface area contributed by atoms with E-state index in [1.807, 2.05) is 13.0 Å². The third-order valence-corrected chi connectivity index (χ3v) is 15.7. The Balaban J connectivity index is 1.19. The van der Waals surface area contributed by atoms with E-state index in [-0.39, 0.29) is 0 Å². The molecule has 1 N–H and O–H groups in total. The third-order valence-electron chi connectivity index (χ3n) is 15.7. The molecule has 4 aliphatic heterocycles. The highest BCUT2D eigenvalue weighted by Crippen LogP contribution is 2.49. The number of aliphatic imine (C=N–C) groups is 4. The van der Waals surface area contributed by atoms with Crippen LogP contribution in [-0.2, 0) is 0 Å². The molecule has 342 valence electrons. The highest BCUT2D eigenvalue weighted by atomic mass is 15.7. The van der Waals surface area contributed by atoms with Gasteiger partial charge in [0.15, 0.2) is 46.0 Å². The van der Waals surface area contributed by atoms with Crippen LogP contribution >= 0.6 is 0 Å². The maximum atomic E-state index is 5.86. The van der Waals surface area contributed by atoms with Gasteiger partial charge in [0.1, 0.15) is 0 Å². The van der Waals surface area contributed by atoms with Gasteiger partial charge >= 0.3 is 0 Å². The van der Waals surface area contributed by atoms with E-state index < -0.39 is 0 Å². The van der Waals surface area contributed by atoms with Crippen molar-refractivity contribution in [1.82, 2.24) is 9.35 Å². The maximum Gasteiger partial charge on any atom is 0.166 e. The SMILES string of the molecule is C=Cc1c(/C=C\C)c2c(c3ccccc13)C1=NC2=Nc2c3c4ccccc4c4ccccc4c3c3n2Nn2c(c4c5ccccc5c5ccccc5c4c2=NC2=NC(=N3)c3c2c2ccccc2c2ccccc32)=N1. The van der Waals surface area contributed by atoms with Gasteiger partial charge < -0.3 is 0 Å². The van der Waals surface area contributed by atoms with Crippen molar-refractivity contribution < 1.29 is 0 Å². The lowest BCUT2D eigenvalue weighted by Crippen LogP contribution is -2.39. The van der Waals surface area contributed by atoms with Gasteiger partial charge in [0.05, 0.1) is 0 Å². The molecule has 9 heteroatoms. The second-order valence-electron chi connectivity index (χ2n) is 19.4. The predicted octanol–water partition coefficient (Wildman–Crippen LogP) is 14.3. The van der Waals surface area contributed by atoms with Crippen molar-refractivity contribution in [3.8, 4) is 0 Å². The van der Waals surface area contributed by atoms with Gasteiger partial charge in [-0.1, -0.05) is 195 Å². The summed E-state index contributed by atoms with van der Waals surface area (Å²) in [7, 11) is 0. The number of hydrogen-bond donors (Lipinski definition) is 1. The summed E-state index contributed by atoms with van der Waals surface area (Å²) in [6.07, 6.45) is 6.19. The zero-order valence-corrected chi connectivity index (χ0v) is 39.7. The van der Waals surface area contributed by atoms with Crippen molar-refractivity contribution in [2.24, 2.45) is 30.0 Å². The largest absolute Gasteiger partial charge is 0.224 e. The number of nitrogens with zero attached hydrogens (tertiary/aromatic N) is 8. The molecule has 2 aromatic heterocycles. The summed E-state index contributed by atoms with van der Waals surface area (Å²) >= 11 is 0. The Bertz CT molecular complexity index is 5190. The summed E-state index contributed by atoms with van der Waals surface area (Å²) in [5.41, 5.74) is 10.9. The molecule has 0 saturated heterocycles. The van der Waals surface area contributed by atoms with Crippen LogP contribution in [0, 0.1) is 0 Å². The van der Waals surface area contributed by atoms with E-state index in [1.165, 1.54) is 0 Å². The smallest absolute Gasteiger partial charge is 0.166 e. The first-order valence-electron chi connectivity index (χ1n) is 25.0. The lowest BCUT2D eigenvalue weighted by atomic mass is 9.88. The minimum Gasteiger partial charge on any atom is -0.224 e. The standard InChI is InChI=1S/C65H37N9/c1-3-19-42-34(4-2)35-20-5-12-27-43(35)51-50(42)58-66-59(51)69-63-56-48-32-17-10-25-40(48)41-26-11-18-33-49(41)57(56)65-71-61-53-45-29-14-7-22-37(45)36-21-6-13-28-44(36)52(53)60(67-61)70-64-55-47-31-16-9-24-39(47)38-23-8-15-30-46(38)54(55)62(68-58)73(64)72-74(63)65/h3-33,72H,2H2,1H3/b19-3-,68-58?,68-62?,69-59?,69-63?,70-60?,70-64?,71-61?,71-65?. The van der Waals surface area contributed by atoms with Gasteiger partial charge in [0.25, 0.3) is 0 Å². The van der Waals surface area contributed by atoms with Gasteiger partial charge in [-0.05, 0) is 93.5 Å². The summed E-state index contributed by atoms with van der Waals surface area (Å²) in [6.45, 7) is 6.43. The lowest BCUT2D eigenvalue weighted by molar-refractivity contribution is 0.712. The summed E-state index contributed by atoms with van der Waals surface area (Å²) in [6, 6.07) is 60.3. The van der Waals surface area contributed by atoms with Crippen molar-refractivity contribution in [3.05, 3.63) is 227 Å². The molecular formula is C65H37N9. The third kappa shape index (κ3) is 4.92. The van der Waals surface area contributed by atoms with Gasteiger partial charge in [-0.3, -0.25) is 0 Å². The van der Waals surface area contributed by atoms with E-state index in [4.69, 9.17) is 30.0 Å². The Hall–Kier alpha value is -10.1. The van der Waals surface area contributed by atoms with Crippen LogP contribution in [-0.4, -0.2) is 32.7 Å². The Morgan fingerprint density at radius 3 is 1.08 bits per heavy atom. The van der Waals surface area contributed by atoms with Crippen molar-refractivity contribution in [2.75, 3.05) is 5.53 Å². The number of rotatable bonds is 2.